The Morgan fingerprint density at radius 2 is 2.14 bits per heavy atom. The number of H-pyrrole nitrogens is 1. The van der Waals surface area contributed by atoms with Gasteiger partial charge in [-0.15, -0.1) is 0 Å². The number of anilines is 1. The highest BCUT2D eigenvalue weighted by atomic mass is 16.5. The summed E-state index contributed by atoms with van der Waals surface area (Å²) in [7, 11) is 3.58. The molecule has 0 saturated heterocycles. The fourth-order valence-corrected chi connectivity index (χ4v) is 2.13. The number of nitrogens with one attached hydrogen (secondary N) is 1. The highest BCUT2D eigenvalue weighted by Crippen LogP contribution is 2.19. The fourth-order valence-electron chi connectivity index (χ4n) is 2.13. The van der Waals surface area contributed by atoms with Gasteiger partial charge in [-0.05, 0) is 27.2 Å². The van der Waals surface area contributed by atoms with Gasteiger partial charge in [0, 0.05) is 27.3 Å². The second-order valence-electron chi connectivity index (χ2n) is 6.12. The molecule has 0 aliphatic heterocycles. The van der Waals surface area contributed by atoms with Crippen LogP contribution in [0.4, 0.5) is 5.95 Å². The van der Waals surface area contributed by atoms with Crippen LogP contribution in [0.3, 0.4) is 0 Å². The number of hydrogen-bond acceptors (Lipinski definition) is 5. The van der Waals surface area contributed by atoms with E-state index in [0.29, 0.717) is 23.6 Å². The molecule has 2 heterocycles. The smallest absolute Gasteiger partial charge is 0.263 e. The maximum Gasteiger partial charge on any atom is 0.263 e. The van der Waals surface area contributed by atoms with Gasteiger partial charge >= 0.3 is 0 Å². The zero-order chi connectivity index (χ0) is 15.6. The van der Waals surface area contributed by atoms with Crippen molar-refractivity contribution in [3.63, 3.8) is 0 Å². The lowest BCUT2D eigenvalue weighted by Crippen LogP contribution is -2.27. The third-order valence-corrected chi connectivity index (χ3v) is 3.26. The Kier molecular flexibility index (Phi) is 4.32. The Hall–Kier alpha value is -1.89. The van der Waals surface area contributed by atoms with Crippen molar-refractivity contribution in [1.82, 2.24) is 19.7 Å². The van der Waals surface area contributed by atoms with Crippen LogP contribution < -0.4 is 10.5 Å². The first-order chi connectivity index (χ1) is 9.84. The van der Waals surface area contributed by atoms with Gasteiger partial charge in [0.25, 0.3) is 5.56 Å². The Labute approximate surface area is 123 Å². The minimum Gasteiger partial charge on any atom is -0.385 e. The molecule has 2 aromatic heterocycles. The van der Waals surface area contributed by atoms with E-state index in [2.05, 4.69) is 15.1 Å². The molecule has 7 heteroatoms. The third kappa shape index (κ3) is 3.24. The summed E-state index contributed by atoms with van der Waals surface area (Å²) >= 11 is 0. The summed E-state index contributed by atoms with van der Waals surface area (Å²) < 4.78 is 6.82. The Morgan fingerprint density at radius 1 is 1.43 bits per heavy atom. The average Bonchev–Trinajstić information content (AvgIpc) is 2.83. The van der Waals surface area contributed by atoms with Crippen molar-refractivity contribution in [2.75, 3.05) is 32.2 Å². The number of methoxy groups -OCH3 is 1. The van der Waals surface area contributed by atoms with E-state index in [9.17, 15) is 4.79 Å². The molecule has 2 rings (SSSR count). The minimum atomic E-state index is -0.228. The lowest BCUT2D eigenvalue weighted by molar-refractivity contribution is 0.196. The second-order valence-corrected chi connectivity index (χ2v) is 6.12. The highest BCUT2D eigenvalue weighted by Gasteiger charge is 2.20. The first-order valence-electron chi connectivity index (χ1n) is 7.03. The first kappa shape index (κ1) is 15.5. The summed E-state index contributed by atoms with van der Waals surface area (Å²) in [6.07, 6.45) is 2.44. The van der Waals surface area contributed by atoms with Gasteiger partial charge in [0.1, 0.15) is 5.39 Å². The van der Waals surface area contributed by atoms with Crippen LogP contribution in [0.2, 0.25) is 0 Å². The molecule has 0 atom stereocenters. The standard InChI is InChI=1S/C14H23N5O2/c1-14(2,3)19-11-10(9-15-19)12(20)17-13(16-11)18(4)7-6-8-21-5/h9H,6-8H2,1-5H3,(H,16,17,20). The monoisotopic (exact) mass is 293 g/mol. The van der Waals surface area contributed by atoms with Crippen LogP contribution in [0.15, 0.2) is 11.0 Å². The van der Waals surface area contributed by atoms with E-state index in [1.807, 2.05) is 32.7 Å². The lowest BCUT2D eigenvalue weighted by Gasteiger charge is -2.21. The minimum absolute atomic E-state index is 0.163. The molecule has 0 unspecified atom stereocenters. The van der Waals surface area contributed by atoms with Crippen LogP contribution in [-0.4, -0.2) is 47.1 Å². The van der Waals surface area contributed by atoms with Gasteiger partial charge in [-0.1, -0.05) is 0 Å². The molecule has 7 nitrogen and oxygen atoms in total. The number of fused-ring (bicyclic) bond motifs is 1. The van der Waals surface area contributed by atoms with E-state index >= 15 is 0 Å². The van der Waals surface area contributed by atoms with Crippen LogP contribution in [0.5, 0.6) is 0 Å². The number of rotatable bonds is 5. The molecule has 0 bridgehead atoms. The van der Waals surface area contributed by atoms with Crippen molar-refractivity contribution in [2.24, 2.45) is 0 Å². The van der Waals surface area contributed by atoms with Gasteiger partial charge in [0.05, 0.1) is 11.7 Å². The molecule has 116 valence electrons. The molecule has 1 N–H and O–H groups in total. The summed E-state index contributed by atoms with van der Waals surface area (Å²) in [5.41, 5.74) is 0.220. The molecule has 21 heavy (non-hydrogen) atoms. The lowest BCUT2D eigenvalue weighted by atomic mass is 10.1. The summed E-state index contributed by atoms with van der Waals surface area (Å²) in [5, 5.41) is 4.81. The van der Waals surface area contributed by atoms with Crippen LogP contribution >= 0.6 is 0 Å². The topological polar surface area (TPSA) is 76.0 Å². The Morgan fingerprint density at radius 3 is 2.76 bits per heavy atom. The van der Waals surface area contributed by atoms with Gasteiger partial charge in [0.2, 0.25) is 5.95 Å². The number of aromatic nitrogens is 4. The zero-order valence-electron chi connectivity index (χ0n) is 13.3. The average molecular weight is 293 g/mol. The van der Waals surface area contributed by atoms with Crippen LogP contribution in [0.1, 0.15) is 27.2 Å². The van der Waals surface area contributed by atoms with E-state index in [-0.39, 0.29) is 11.1 Å². The van der Waals surface area contributed by atoms with Crippen molar-refractivity contribution in [3.8, 4) is 0 Å². The number of nitrogens with zero attached hydrogens (tertiary/aromatic N) is 4. The quantitative estimate of drug-likeness (QED) is 0.842. The van der Waals surface area contributed by atoms with Gasteiger partial charge in [0.15, 0.2) is 5.65 Å². The zero-order valence-corrected chi connectivity index (χ0v) is 13.3. The van der Waals surface area contributed by atoms with E-state index < -0.39 is 0 Å². The van der Waals surface area contributed by atoms with Crippen molar-refractivity contribution >= 4 is 17.0 Å². The number of ether oxygens (including phenoxy) is 1. The Bertz CT molecular complexity index is 668. The first-order valence-corrected chi connectivity index (χ1v) is 7.03. The molecule has 0 aliphatic carbocycles. The van der Waals surface area contributed by atoms with Crippen molar-refractivity contribution in [2.45, 2.75) is 32.7 Å². The van der Waals surface area contributed by atoms with Crippen LogP contribution in [0.25, 0.3) is 11.0 Å². The summed E-state index contributed by atoms with van der Waals surface area (Å²) in [6, 6.07) is 0. The van der Waals surface area contributed by atoms with Gasteiger partial charge < -0.3 is 9.64 Å². The van der Waals surface area contributed by atoms with E-state index in [1.165, 1.54) is 0 Å². The van der Waals surface area contributed by atoms with E-state index in [4.69, 9.17) is 4.74 Å². The molecular weight excluding hydrogens is 270 g/mol. The van der Waals surface area contributed by atoms with Gasteiger partial charge in [-0.25, -0.2) is 4.68 Å². The van der Waals surface area contributed by atoms with E-state index in [0.717, 1.165) is 13.0 Å². The van der Waals surface area contributed by atoms with Crippen molar-refractivity contribution in [1.29, 1.82) is 0 Å². The van der Waals surface area contributed by atoms with Crippen molar-refractivity contribution in [3.05, 3.63) is 16.6 Å². The normalized spacial score (nSPS) is 12.0. The predicted molar refractivity (Wildman–Crippen MR) is 82.9 cm³/mol. The molecule has 2 aromatic rings. The van der Waals surface area contributed by atoms with Crippen LogP contribution in [-0.2, 0) is 10.3 Å². The molecule has 0 spiro atoms. The molecule has 0 radical (unpaired) electrons. The molecule has 0 saturated carbocycles. The third-order valence-electron chi connectivity index (χ3n) is 3.26. The van der Waals surface area contributed by atoms with Crippen LogP contribution in [0, 0.1) is 0 Å². The fraction of sp³-hybridized carbons (Fsp3) is 0.643. The van der Waals surface area contributed by atoms with Crippen molar-refractivity contribution < 1.29 is 4.74 Å². The van der Waals surface area contributed by atoms with Gasteiger partial charge in [-0.2, -0.15) is 10.1 Å². The second kappa shape index (κ2) is 5.85. The SMILES string of the molecule is COCCCN(C)c1nc2c(cnn2C(C)(C)C)c(=O)[nH]1. The Balaban J connectivity index is 2.40. The molecule has 0 aliphatic rings. The maximum atomic E-state index is 12.2. The molecular formula is C14H23N5O2. The predicted octanol–water partition coefficient (Wildman–Crippen LogP) is 1.35. The largest absolute Gasteiger partial charge is 0.385 e. The highest BCUT2D eigenvalue weighted by molar-refractivity contribution is 5.74. The molecule has 0 amide bonds. The summed E-state index contributed by atoms with van der Waals surface area (Å²) in [5.74, 6) is 0.551. The van der Waals surface area contributed by atoms with Gasteiger partial charge in [-0.3, -0.25) is 9.78 Å². The van der Waals surface area contributed by atoms with E-state index in [1.54, 1.807) is 18.0 Å². The summed E-state index contributed by atoms with van der Waals surface area (Å²) in [6.45, 7) is 7.53. The number of aromatic amines is 1. The molecule has 0 aromatic carbocycles. The molecule has 0 fully saturated rings. The number of hydrogen-bond donors (Lipinski definition) is 1. The summed E-state index contributed by atoms with van der Waals surface area (Å²) in [4.78, 5) is 21.5. The maximum absolute atomic E-state index is 12.2.